The molecule has 0 N–H and O–H groups in total. The Balaban J connectivity index is 2.30. The second-order valence-corrected chi connectivity index (χ2v) is 3.72. The molecule has 2 heteroatoms. The topological polar surface area (TPSA) is 26.3 Å². The first-order valence-corrected chi connectivity index (χ1v) is 4.77. The Morgan fingerprint density at radius 3 is 2.92 bits per heavy atom. The minimum absolute atomic E-state index is 0.333. The highest BCUT2D eigenvalue weighted by atomic mass is 16.5. The number of carbonyl (C=O) groups excluding carboxylic acids is 1. The summed E-state index contributed by atoms with van der Waals surface area (Å²) in [4.78, 5) is 11.3. The lowest BCUT2D eigenvalue weighted by Gasteiger charge is -2.16. The van der Waals surface area contributed by atoms with Crippen molar-refractivity contribution in [3.05, 3.63) is 0 Å². The summed E-state index contributed by atoms with van der Waals surface area (Å²) in [5.41, 5.74) is 0. The summed E-state index contributed by atoms with van der Waals surface area (Å²) >= 11 is 0. The minimum Gasteiger partial charge on any atom is -0.385 e. The van der Waals surface area contributed by atoms with Crippen molar-refractivity contribution in [2.75, 3.05) is 13.7 Å². The molecular formula is C10H18O2. The molecule has 1 aliphatic carbocycles. The van der Waals surface area contributed by atoms with Crippen molar-refractivity contribution in [3.63, 3.8) is 0 Å². The van der Waals surface area contributed by atoms with Crippen LogP contribution in [-0.2, 0) is 9.53 Å². The molecule has 2 atom stereocenters. The first-order valence-electron chi connectivity index (χ1n) is 4.77. The lowest BCUT2D eigenvalue weighted by Crippen LogP contribution is -2.17. The normalized spacial score (nSPS) is 26.2. The Labute approximate surface area is 74.3 Å². The number of methoxy groups -OCH3 is 1. The third-order valence-corrected chi connectivity index (χ3v) is 2.82. The summed E-state index contributed by atoms with van der Waals surface area (Å²) in [5, 5.41) is 0. The molecule has 0 radical (unpaired) electrons. The van der Waals surface area contributed by atoms with E-state index in [9.17, 15) is 4.79 Å². The van der Waals surface area contributed by atoms with E-state index in [0.717, 1.165) is 32.3 Å². The molecule has 0 saturated heterocycles. The van der Waals surface area contributed by atoms with Crippen molar-refractivity contribution in [1.29, 1.82) is 0 Å². The fraction of sp³-hybridized carbons (Fsp3) is 0.900. The van der Waals surface area contributed by atoms with Crippen LogP contribution in [0.4, 0.5) is 0 Å². The van der Waals surface area contributed by atoms with Crippen molar-refractivity contribution in [1.82, 2.24) is 0 Å². The van der Waals surface area contributed by atoms with Gasteiger partial charge in [-0.1, -0.05) is 6.92 Å². The van der Waals surface area contributed by atoms with Crippen molar-refractivity contribution >= 4 is 5.78 Å². The van der Waals surface area contributed by atoms with E-state index in [1.165, 1.54) is 0 Å². The summed E-state index contributed by atoms with van der Waals surface area (Å²) in [6.07, 6.45) is 4.03. The predicted molar refractivity (Wildman–Crippen MR) is 48.0 cm³/mol. The van der Waals surface area contributed by atoms with E-state index < -0.39 is 0 Å². The van der Waals surface area contributed by atoms with Gasteiger partial charge in [-0.3, -0.25) is 4.79 Å². The third kappa shape index (κ3) is 2.31. The maximum Gasteiger partial charge on any atom is 0.136 e. The minimum atomic E-state index is 0.333. The summed E-state index contributed by atoms with van der Waals surface area (Å²) in [7, 11) is 1.71. The summed E-state index contributed by atoms with van der Waals surface area (Å²) in [5.74, 6) is 1.32. The van der Waals surface area contributed by atoms with Gasteiger partial charge in [0.05, 0.1) is 0 Å². The standard InChI is InChI=1S/C10H18O2/c1-8(6-7-12-2)9-4-3-5-10(9)11/h8-9H,3-7H2,1-2H3. The SMILES string of the molecule is COCCC(C)C1CCCC1=O. The second kappa shape index (κ2) is 4.61. The average molecular weight is 170 g/mol. The first-order chi connectivity index (χ1) is 5.75. The molecule has 12 heavy (non-hydrogen) atoms. The number of hydrogen-bond donors (Lipinski definition) is 0. The molecule has 0 spiro atoms. The molecule has 1 saturated carbocycles. The first kappa shape index (κ1) is 9.72. The lowest BCUT2D eigenvalue weighted by molar-refractivity contribution is -0.122. The van der Waals surface area contributed by atoms with Gasteiger partial charge in [-0.25, -0.2) is 0 Å². The Hall–Kier alpha value is -0.370. The molecule has 0 bridgehead atoms. The smallest absolute Gasteiger partial charge is 0.136 e. The van der Waals surface area contributed by atoms with Crippen molar-refractivity contribution < 1.29 is 9.53 Å². The summed E-state index contributed by atoms with van der Waals surface area (Å²) in [6.45, 7) is 2.94. The third-order valence-electron chi connectivity index (χ3n) is 2.82. The molecule has 0 aromatic carbocycles. The van der Waals surface area contributed by atoms with Gasteiger partial charge in [-0.2, -0.15) is 0 Å². The largest absolute Gasteiger partial charge is 0.385 e. The number of ketones is 1. The Bertz CT molecular complexity index is 154. The van der Waals surface area contributed by atoms with Crippen LogP contribution in [0.15, 0.2) is 0 Å². The summed E-state index contributed by atoms with van der Waals surface area (Å²) < 4.78 is 5.00. The van der Waals surface area contributed by atoms with Crippen LogP contribution in [0.2, 0.25) is 0 Å². The van der Waals surface area contributed by atoms with E-state index in [1.807, 2.05) is 0 Å². The van der Waals surface area contributed by atoms with Gasteiger partial charge in [0.15, 0.2) is 0 Å². The van der Waals surface area contributed by atoms with Gasteiger partial charge in [-0.15, -0.1) is 0 Å². The van der Waals surface area contributed by atoms with Gasteiger partial charge in [0, 0.05) is 26.1 Å². The van der Waals surface area contributed by atoms with E-state index in [-0.39, 0.29) is 0 Å². The molecule has 2 unspecified atom stereocenters. The Kier molecular flexibility index (Phi) is 3.73. The number of Topliss-reactive ketones (excluding diaryl/α,β-unsaturated/α-hetero) is 1. The van der Waals surface area contributed by atoms with E-state index in [1.54, 1.807) is 7.11 Å². The predicted octanol–water partition coefficient (Wildman–Crippen LogP) is 2.03. The zero-order valence-electron chi connectivity index (χ0n) is 8.01. The molecule has 0 heterocycles. The fourth-order valence-electron chi connectivity index (χ4n) is 1.95. The second-order valence-electron chi connectivity index (χ2n) is 3.72. The van der Waals surface area contributed by atoms with Crippen molar-refractivity contribution in [2.45, 2.75) is 32.6 Å². The number of ether oxygens (including phenoxy) is 1. The highest BCUT2D eigenvalue weighted by Crippen LogP contribution is 2.29. The summed E-state index contributed by atoms with van der Waals surface area (Å²) in [6, 6.07) is 0. The van der Waals surface area contributed by atoms with Gasteiger partial charge in [0.2, 0.25) is 0 Å². The van der Waals surface area contributed by atoms with Crippen LogP contribution in [0.1, 0.15) is 32.6 Å². The number of rotatable bonds is 4. The van der Waals surface area contributed by atoms with Crippen molar-refractivity contribution in [2.24, 2.45) is 11.8 Å². The molecular weight excluding hydrogens is 152 g/mol. The molecule has 1 aliphatic rings. The molecule has 1 fully saturated rings. The maximum absolute atomic E-state index is 11.3. The van der Waals surface area contributed by atoms with Crippen LogP contribution in [0, 0.1) is 11.8 Å². The molecule has 0 aromatic heterocycles. The molecule has 1 rings (SSSR count). The number of carbonyl (C=O) groups is 1. The monoisotopic (exact) mass is 170 g/mol. The van der Waals surface area contributed by atoms with Crippen LogP contribution in [0.5, 0.6) is 0 Å². The zero-order valence-corrected chi connectivity index (χ0v) is 8.01. The van der Waals surface area contributed by atoms with Crippen LogP contribution in [0.3, 0.4) is 0 Å². The molecule has 0 amide bonds. The van der Waals surface area contributed by atoms with Gasteiger partial charge >= 0.3 is 0 Å². The Morgan fingerprint density at radius 1 is 1.67 bits per heavy atom. The maximum atomic E-state index is 11.3. The molecule has 0 aliphatic heterocycles. The zero-order chi connectivity index (χ0) is 8.97. The van der Waals surface area contributed by atoms with E-state index in [2.05, 4.69) is 6.92 Å². The fourth-order valence-corrected chi connectivity index (χ4v) is 1.95. The lowest BCUT2D eigenvalue weighted by atomic mass is 9.89. The van der Waals surface area contributed by atoms with Crippen LogP contribution >= 0.6 is 0 Å². The van der Waals surface area contributed by atoms with E-state index in [4.69, 9.17) is 4.74 Å². The van der Waals surface area contributed by atoms with E-state index in [0.29, 0.717) is 17.6 Å². The Morgan fingerprint density at radius 2 is 2.42 bits per heavy atom. The average Bonchev–Trinajstić information content (AvgIpc) is 2.47. The highest BCUT2D eigenvalue weighted by molar-refractivity contribution is 5.83. The van der Waals surface area contributed by atoms with E-state index >= 15 is 0 Å². The quantitative estimate of drug-likeness (QED) is 0.645. The molecule has 2 nitrogen and oxygen atoms in total. The van der Waals surface area contributed by atoms with Gasteiger partial charge < -0.3 is 4.74 Å². The van der Waals surface area contributed by atoms with Crippen molar-refractivity contribution in [3.8, 4) is 0 Å². The molecule has 70 valence electrons. The van der Waals surface area contributed by atoms with Crippen LogP contribution in [0.25, 0.3) is 0 Å². The van der Waals surface area contributed by atoms with Gasteiger partial charge in [0.1, 0.15) is 5.78 Å². The van der Waals surface area contributed by atoms with Gasteiger partial charge in [-0.05, 0) is 25.2 Å². The van der Waals surface area contributed by atoms with Gasteiger partial charge in [0.25, 0.3) is 0 Å². The number of hydrogen-bond acceptors (Lipinski definition) is 2. The molecule has 0 aromatic rings. The van der Waals surface area contributed by atoms with Crippen LogP contribution < -0.4 is 0 Å². The van der Waals surface area contributed by atoms with Crippen LogP contribution in [-0.4, -0.2) is 19.5 Å². The highest BCUT2D eigenvalue weighted by Gasteiger charge is 2.28.